The molecule has 0 aromatic heterocycles. The number of hydrogen-bond acceptors (Lipinski definition) is 4. The molecule has 36 heavy (non-hydrogen) atoms. The number of nitrogens with one attached hydrogen (secondary N) is 2. The third kappa shape index (κ3) is 7.33. The number of hydrazine groups is 1. The van der Waals surface area contributed by atoms with Crippen LogP contribution in [0.3, 0.4) is 0 Å². The Morgan fingerprint density at radius 2 is 1.44 bits per heavy atom. The Morgan fingerprint density at radius 1 is 0.861 bits per heavy atom. The number of likely N-dealkylation sites (tertiary alicyclic amines) is 1. The largest absolute Gasteiger partial charge is 0.489 e. The van der Waals surface area contributed by atoms with E-state index in [1.807, 2.05) is 49.9 Å². The van der Waals surface area contributed by atoms with Gasteiger partial charge in [-0.15, -0.1) is 0 Å². The Labute approximate surface area is 214 Å². The van der Waals surface area contributed by atoms with Crippen molar-refractivity contribution in [2.45, 2.75) is 66.4 Å². The first-order valence-corrected chi connectivity index (χ1v) is 12.6. The predicted octanol–water partition coefficient (Wildman–Crippen LogP) is 4.61. The van der Waals surface area contributed by atoms with Gasteiger partial charge in [-0.2, -0.15) is 0 Å². The summed E-state index contributed by atoms with van der Waals surface area (Å²) in [6.07, 6.45) is 1.16. The fourth-order valence-corrected chi connectivity index (χ4v) is 4.08. The number of rotatable bonds is 5. The fourth-order valence-electron chi connectivity index (χ4n) is 4.08. The number of ether oxygens (including phenoxy) is 1. The second-order valence-electron chi connectivity index (χ2n) is 11.5. The lowest BCUT2D eigenvalue weighted by molar-refractivity contribution is -0.142. The van der Waals surface area contributed by atoms with E-state index in [-0.39, 0.29) is 29.1 Å². The third-order valence-electron chi connectivity index (χ3n) is 6.44. The number of nitrogens with zero attached hydrogens (tertiary/aromatic N) is 1. The summed E-state index contributed by atoms with van der Waals surface area (Å²) in [7, 11) is 0. The maximum absolute atomic E-state index is 12.5. The van der Waals surface area contributed by atoms with Crippen LogP contribution in [-0.4, -0.2) is 35.7 Å². The quantitative estimate of drug-likeness (QED) is 0.596. The zero-order valence-electron chi connectivity index (χ0n) is 22.3. The van der Waals surface area contributed by atoms with Crippen LogP contribution in [0, 0.1) is 11.3 Å². The van der Waals surface area contributed by atoms with Gasteiger partial charge >= 0.3 is 0 Å². The zero-order valence-corrected chi connectivity index (χ0v) is 22.3. The van der Waals surface area contributed by atoms with E-state index in [1.165, 1.54) is 5.56 Å². The van der Waals surface area contributed by atoms with Crippen molar-refractivity contribution in [3.05, 3.63) is 65.2 Å². The molecule has 0 unspecified atom stereocenters. The van der Waals surface area contributed by atoms with Crippen molar-refractivity contribution >= 4 is 17.7 Å². The van der Waals surface area contributed by atoms with Crippen molar-refractivity contribution < 1.29 is 19.1 Å². The van der Waals surface area contributed by atoms with Crippen molar-refractivity contribution in [3.8, 4) is 5.75 Å². The maximum atomic E-state index is 12.5. The summed E-state index contributed by atoms with van der Waals surface area (Å²) >= 11 is 0. The van der Waals surface area contributed by atoms with Crippen molar-refractivity contribution in [1.82, 2.24) is 15.8 Å². The van der Waals surface area contributed by atoms with Crippen LogP contribution >= 0.6 is 0 Å². The standard InChI is InChI=1S/C29H39N3O4/c1-28(2,3)23-11-13-24(14-12-23)36-19-20-7-9-21(10-8-20)25(33)30-31-26(34)22-15-17-32(18-16-22)27(35)29(4,5)6/h7-14,22H,15-19H2,1-6H3,(H,30,33)(H,31,34). The molecule has 1 aliphatic rings. The van der Waals surface area contributed by atoms with E-state index in [1.54, 1.807) is 12.1 Å². The van der Waals surface area contributed by atoms with Gasteiger partial charge in [0.05, 0.1) is 0 Å². The molecule has 1 heterocycles. The number of piperidine rings is 1. The number of benzene rings is 2. The van der Waals surface area contributed by atoms with E-state index < -0.39 is 5.41 Å². The van der Waals surface area contributed by atoms with Crippen LogP contribution in [0.1, 0.15) is 75.9 Å². The predicted molar refractivity (Wildman–Crippen MR) is 140 cm³/mol. The van der Waals surface area contributed by atoms with Gasteiger partial charge in [0.15, 0.2) is 0 Å². The summed E-state index contributed by atoms with van der Waals surface area (Å²) in [5.41, 5.74) is 7.33. The number of amides is 3. The Hall–Kier alpha value is -3.35. The van der Waals surface area contributed by atoms with Gasteiger partial charge < -0.3 is 9.64 Å². The molecule has 2 aromatic carbocycles. The molecule has 1 saturated heterocycles. The van der Waals surface area contributed by atoms with Gasteiger partial charge in [0, 0.05) is 30.0 Å². The van der Waals surface area contributed by atoms with Crippen molar-refractivity contribution in [2.75, 3.05) is 13.1 Å². The van der Waals surface area contributed by atoms with Crippen LogP contribution in [0.15, 0.2) is 48.5 Å². The zero-order chi connectivity index (χ0) is 26.5. The maximum Gasteiger partial charge on any atom is 0.269 e. The molecule has 0 aliphatic carbocycles. The molecule has 7 heteroatoms. The monoisotopic (exact) mass is 493 g/mol. The Morgan fingerprint density at radius 3 is 1.97 bits per heavy atom. The highest BCUT2D eigenvalue weighted by atomic mass is 16.5. The summed E-state index contributed by atoms with van der Waals surface area (Å²) in [6, 6.07) is 15.2. The summed E-state index contributed by atoms with van der Waals surface area (Å²) < 4.78 is 5.86. The number of carbonyl (C=O) groups excluding carboxylic acids is 3. The molecule has 0 atom stereocenters. The minimum atomic E-state index is -0.428. The molecule has 0 spiro atoms. The highest BCUT2D eigenvalue weighted by Crippen LogP contribution is 2.25. The lowest BCUT2D eigenvalue weighted by Gasteiger charge is -2.35. The molecule has 3 rings (SSSR count). The van der Waals surface area contributed by atoms with Crippen molar-refractivity contribution in [2.24, 2.45) is 11.3 Å². The normalized spacial score (nSPS) is 14.8. The van der Waals surface area contributed by atoms with Gasteiger partial charge in [0.1, 0.15) is 12.4 Å². The minimum absolute atomic E-state index is 0.0958. The van der Waals surface area contributed by atoms with E-state index in [9.17, 15) is 14.4 Å². The summed E-state index contributed by atoms with van der Waals surface area (Å²) in [5.74, 6) is 0.0528. The van der Waals surface area contributed by atoms with Gasteiger partial charge in [-0.1, -0.05) is 65.8 Å². The van der Waals surface area contributed by atoms with Crippen LogP contribution in [0.25, 0.3) is 0 Å². The average molecular weight is 494 g/mol. The molecule has 2 N–H and O–H groups in total. The Bertz CT molecular complexity index is 1060. The summed E-state index contributed by atoms with van der Waals surface area (Å²) in [4.78, 5) is 39.2. The Kier molecular flexibility index (Phi) is 8.43. The molecular weight excluding hydrogens is 454 g/mol. The molecule has 7 nitrogen and oxygen atoms in total. The van der Waals surface area contributed by atoms with E-state index in [0.29, 0.717) is 38.1 Å². The van der Waals surface area contributed by atoms with Crippen LogP contribution in [-0.2, 0) is 21.6 Å². The second kappa shape index (κ2) is 11.1. The first-order valence-electron chi connectivity index (χ1n) is 12.6. The molecule has 3 amide bonds. The first kappa shape index (κ1) is 27.2. The molecule has 0 bridgehead atoms. The molecule has 2 aromatic rings. The first-order chi connectivity index (χ1) is 16.8. The molecule has 0 saturated carbocycles. The topological polar surface area (TPSA) is 87.7 Å². The van der Waals surface area contributed by atoms with Crippen LogP contribution in [0.4, 0.5) is 0 Å². The second-order valence-corrected chi connectivity index (χ2v) is 11.5. The van der Waals surface area contributed by atoms with Crippen LogP contribution in [0.2, 0.25) is 0 Å². The average Bonchev–Trinajstić information content (AvgIpc) is 2.85. The van der Waals surface area contributed by atoms with E-state index in [0.717, 1.165) is 11.3 Å². The lowest BCUT2D eigenvalue weighted by Crippen LogP contribution is -2.49. The van der Waals surface area contributed by atoms with Gasteiger partial charge in [0.25, 0.3) is 5.91 Å². The van der Waals surface area contributed by atoms with Gasteiger partial charge in [0.2, 0.25) is 11.8 Å². The van der Waals surface area contributed by atoms with E-state index >= 15 is 0 Å². The molecule has 1 fully saturated rings. The SMILES string of the molecule is CC(C)(C)C(=O)N1CCC(C(=O)NNC(=O)c2ccc(COc3ccc(C(C)(C)C)cc3)cc2)CC1. The highest BCUT2D eigenvalue weighted by Gasteiger charge is 2.32. The summed E-state index contributed by atoms with van der Waals surface area (Å²) in [5, 5.41) is 0. The van der Waals surface area contributed by atoms with Gasteiger partial charge in [-0.25, -0.2) is 0 Å². The Balaban J connectivity index is 1.43. The van der Waals surface area contributed by atoms with Gasteiger partial charge in [-0.3, -0.25) is 25.2 Å². The lowest BCUT2D eigenvalue weighted by atomic mass is 9.87. The smallest absolute Gasteiger partial charge is 0.269 e. The highest BCUT2D eigenvalue weighted by molar-refractivity contribution is 5.95. The fraction of sp³-hybridized carbons (Fsp3) is 0.483. The van der Waals surface area contributed by atoms with Crippen LogP contribution in [0.5, 0.6) is 5.75 Å². The number of hydrogen-bond donors (Lipinski definition) is 2. The third-order valence-corrected chi connectivity index (χ3v) is 6.44. The molecular formula is C29H39N3O4. The van der Waals surface area contributed by atoms with Crippen LogP contribution < -0.4 is 15.6 Å². The minimum Gasteiger partial charge on any atom is -0.489 e. The van der Waals surface area contributed by atoms with E-state index in [2.05, 4.69) is 43.8 Å². The molecule has 0 radical (unpaired) electrons. The number of carbonyl (C=O) groups is 3. The van der Waals surface area contributed by atoms with Crippen molar-refractivity contribution in [1.29, 1.82) is 0 Å². The van der Waals surface area contributed by atoms with Gasteiger partial charge in [-0.05, 0) is 53.6 Å². The molecule has 1 aliphatic heterocycles. The summed E-state index contributed by atoms with van der Waals surface area (Å²) in [6.45, 7) is 13.7. The van der Waals surface area contributed by atoms with Crippen molar-refractivity contribution in [3.63, 3.8) is 0 Å². The van der Waals surface area contributed by atoms with E-state index in [4.69, 9.17) is 4.74 Å². The molecule has 194 valence electrons.